The molecule has 2 rings (SSSR count). The lowest BCUT2D eigenvalue weighted by Gasteiger charge is -2.18. The highest BCUT2D eigenvalue weighted by molar-refractivity contribution is 7.56. The predicted octanol–water partition coefficient (Wildman–Crippen LogP) is 4.86. The van der Waals surface area contributed by atoms with Crippen LogP contribution in [0.25, 0.3) is 10.8 Å². The lowest BCUT2D eigenvalue weighted by molar-refractivity contribution is 0.277. The summed E-state index contributed by atoms with van der Waals surface area (Å²) in [5.41, 5.74) is 0. The lowest BCUT2D eigenvalue weighted by Crippen LogP contribution is -2.08. The Morgan fingerprint density at radius 1 is 0.583 bits per heavy atom. The van der Waals surface area contributed by atoms with Gasteiger partial charge in [-0.2, -0.15) is 0 Å². The molecule has 132 valence electrons. The zero-order chi connectivity index (χ0) is 17.4. The first-order chi connectivity index (χ1) is 11.7. The van der Waals surface area contributed by atoms with Gasteiger partial charge in [0.2, 0.25) is 16.8 Å². The summed E-state index contributed by atoms with van der Waals surface area (Å²) in [5.74, 6) is 0. The summed E-state index contributed by atoms with van der Waals surface area (Å²) >= 11 is 0. The van der Waals surface area contributed by atoms with Gasteiger partial charge in [0.25, 0.3) is 0 Å². The number of rotatable bonds is 10. The van der Waals surface area contributed by atoms with E-state index in [2.05, 4.69) is 36.4 Å². The fourth-order valence-corrected chi connectivity index (χ4v) is 4.86. The van der Waals surface area contributed by atoms with Crippen molar-refractivity contribution < 1.29 is 18.1 Å². The van der Waals surface area contributed by atoms with Crippen LogP contribution < -0.4 is 10.6 Å². The SMILES string of the molecule is CCOP(OCC)c1ccc2ccc(P(OCC)OCC)cc2c1. The minimum absolute atomic E-state index is 0.643. The molecule has 0 atom stereocenters. The van der Waals surface area contributed by atoms with Gasteiger partial charge in [0.1, 0.15) is 0 Å². The molecular formula is C18H26O4P2. The molecule has 0 saturated heterocycles. The molecule has 0 amide bonds. The Balaban J connectivity index is 2.35. The van der Waals surface area contributed by atoms with Crippen LogP contribution >= 0.6 is 16.8 Å². The van der Waals surface area contributed by atoms with Crippen molar-refractivity contribution in [2.24, 2.45) is 0 Å². The number of hydrogen-bond donors (Lipinski definition) is 0. The Hall–Kier alpha value is -0.600. The quantitative estimate of drug-likeness (QED) is 0.561. The maximum absolute atomic E-state index is 5.77. The Labute approximate surface area is 147 Å². The molecular weight excluding hydrogens is 342 g/mol. The first-order valence-electron chi connectivity index (χ1n) is 8.39. The van der Waals surface area contributed by atoms with Crippen molar-refractivity contribution in [1.29, 1.82) is 0 Å². The third-order valence-electron chi connectivity index (χ3n) is 3.21. The van der Waals surface area contributed by atoms with Crippen molar-refractivity contribution in [3.05, 3.63) is 36.4 Å². The van der Waals surface area contributed by atoms with Gasteiger partial charge in [0, 0.05) is 10.6 Å². The Bertz CT molecular complexity index is 573. The number of fused-ring (bicyclic) bond motifs is 1. The average molecular weight is 368 g/mol. The van der Waals surface area contributed by atoms with Crippen LogP contribution in [-0.4, -0.2) is 26.4 Å². The molecule has 0 radical (unpaired) electrons. The van der Waals surface area contributed by atoms with Crippen LogP contribution in [0.4, 0.5) is 0 Å². The largest absolute Gasteiger partial charge is 0.331 e. The van der Waals surface area contributed by atoms with E-state index in [0.29, 0.717) is 26.4 Å². The van der Waals surface area contributed by atoms with Gasteiger partial charge >= 0.3 is 0 Å². The van der Waals surface area contributed by atoms with Crippen LogP contribution in [0, 0.1) is 0 Å². The highest BCUT2D eigenvalue weighted by Crippen LogP contribution is 2.39. The Morgan fingerprint density at radius 2 is 0.958 bits per heavy atom. The van der Waals surface area contributed by atoms with Gasteiger partial charge in [0.15, 0.2) is 0 Å². The van der Waals surface area contributed by atoms with Gasteiger partial charge in [-0.05, 0) is 62.7 Å². The van der Waals surface area contributed by atoms with Crippen LogP contribution in [0.2, 0.25) is 0 Å². The first kappa shape index (κ1) is 19.7. The van der Waals surface area contributed by atoms with E-state index < -0.39 is 16.8 Å². The summed E-state index contributed by atoms with van der Waals surface area (Å²) in [6.07, 6.45) is 0. The minimum Gasteiger partial charge on any atom is -0.331 e. The highest BCUT2D eigenvalue weighted by atomic mass is 31.2. The van der Waals surface area contributed by atoms with Crippen LogP contribution in [0.5, 0.6) is 0 Å². The van der Waals surface area contributed by atoms with E-state index in [9.17, 15) is 0 Å². The van der Waals surface area contributed by atoms with Crippen LogP contribution in [0.15, 0.2) is 36.4 Å². The van der Waals surface area contributed by atoms with E-state index in [-0.39, 0.29) is 0 Å². The van der Waals surface area contributed by atoms with Crippen LogP contribution in [0.3, 0.4) is 0 Å². The second kappa shape index (κ2) is 10.4. The van der Waals surface area contributed by atoms with Crippen molar-refractivity contribution in [3.63, 3.8) is 0 Å². The predicted molar refractivity (Wildman–Crippen MR) is 104 cm³/mol. The van der Waals surface area contributed by atoms with Crippen molar-refractivity contribution >= 4 is 38.1 Å². The van der Waals surface area contributed by atoms with Crippen molar-refractivity contribution in [1.82, 2.24) is 0 Å². The third kappa shape index (κ3) is 5.20. The van der Waals surface area contributed by atoms with E-state index in [1.54, 1.807) is 0 Å². The van der Waals surface area contributed by atoms with Crippen molar-refractivity contribution in [2.75, 3.05) is 26.4 Å². The molecule has 2 aromatic carbocycles. The number of hydrogen-bond acceptors (Lipinski definition) is 4. The molecule has 2 aromatic rings. The van der Waals surface area contributed by atoms with Gasteiger partial charge in [-0.15, -0.1) is 0 Å². The van der Waals surface area contributed by atoms with Gasteiger partial charge in [0.05, 0.1) is 26.4 Å². The molecule has 0 bridgehead atoms. The van der Waals surface area contributed by atoms with E-state index in [0.717, 1.165) is 16.0 Å². The van der Waals surface area contributed by atoms with E-state index in [1.807, 2.05) is 27.7 Å². The molecule has 0 fully saturated rings. The summed E-state index contributed by atoms with van der Waals surface area (Å²) in [6, 6.07) is 12.7. The summed E-state index contributed by atoms with van der Waals surface area (Å²) < 4.78 is 23.1. The highest BCUT2D eigenvalue weighted by Gasteiger charge is 2.16. The van der Waals surface area contributed by atoms with Gasteiger partial charge < -0.3 is 18.1 Å². The first-order valence-corrected chi connectivity index (χ1v) is 10.7. The summed E-state index contributed by atoms with van der Waals surface area (Å²) in [5, 5.41) is 4.53. The summed E-state index contributed by atoms with van der Waals surface area (Å²) in [4.78, 5) is 0. The Morgan fingerprint density at radius 3 is 1.29 bits per heavy atom. The standard InChI is InChI=1S/C18H26O4P2/c1-5-19-23(20-6-2)17-11-9-15-10-12-18(14-16(15)13-17)24(21-7-3)22-8-4/h9-14H,5-8H2,1-4H3. The average Bonchev–Trinajstić information content (AvgIpc) is 2.60. The molecule has 0 saturated carbocycles. The normalized spacial score (nSPS) is 11.8. The molecule has 0 aliphatic carbocycles. The van der Waals surface area contributed by atoms with Gasteiger partial charge in [-0.25, -0.2) is 0 Å². The minimum atomic E-state index is -1.02. The van der Waals surface area contributed by atoms with Crippen molar-refractivity contribution in [2.45, 2.75) is 27.7 Å². The Kier molecular flexibility index (Phi) is 8.55. The second-order valence-electron chi connectivity index (χ2n) is 4.90. The molecule has 0 spiro atoms. The lowest BCUT2D eigenvalue weighted by atomic mass is 10.1. The van der Waals surface area contributed by atoms with E-state index in [1.165, 1.54) is 5.39 Å². The van der Waals surface area contributed by atoms with E-state index in [4.69, 9.17) is 18.1 Å². The van der Waals surface area contributed by atoms with Gasteiger partial charge in [-0.3, -0.25) is 0 Å². The van der Waals surface area contributed by atoms with Gasteiger partial charge in [-0.1, -0.05) is 12.1 Å². The monoisotopic (exact) mass is 368 g/mol. The summed E-state index contributed by atoms with van der Waals surface area (Å²) in [7, 11) is -2.05. The zero-order valence-electron chi connectivity index (χ0n) is 14.8. The third-order valence-corrected chi connectivity index (χ3v) is 6.58. The molecule has 0 aliphatic rings. The molecule has 4 nitrogen and oxygen atoms in total. The fourth-order valence-electron chi connectivity index (χ4n) is 2.29. The summed E-state index contributed by atoms with van der Waals surface area (Å²) in [6.45, 7) is 10.5. The molecule has 24 heavy (non-hydrogen) atoms. The molecule has 6 heteroatoms. The molecule has 0 aromatic heterocycles. The van der Waals surface area contributed by atoms with Crippen molar-refractivity contribution in [3.8, 4) is 0 Å². The molecule has 0 aliphatic heterocycles. The van der Waals surface area contributed by atoms with Crippen LogP contribution in [0.1, 0.15) is 27.7 Å². The zero-order valence-corrected chi connectivity index (χ0v) is 16.6. The van der Waals surface area contributed by atoms with Crippen LogP contribution in [-0.2, 0) is 18.1 Å². The molecule has 0 heterocycles. The topological polar surface area (TPSA) is 36.9 Å². The molecule has 0 unspecified atom stereocenters. The maximum atomic E-state index is 5.77. The fraction of sp³-hybridized carbons (Fsp3) is 0.444. The van der Waals surface area contributed by atoms with E-state index >= 15 is 0 Å². The number of benzene rings is 2. The molecule has 0 N–H and O–H groups in total. The second-order valence-corrected chi connectivity index (χ2v) is 8.00. The maximum Gasteiger partial charge on any atom is 0.205 e. The smallest absolute Gasteiger partial charge is 0.205 e.